The van der Waals surface area contributed by atoms with Crippen molar-refractivity contribution in [1.29, 1.82) is 0 Å². The number of hydrogen-bond acceptors (Lipinski definition) is 5. The molecular weight excluding hydrogens is 318 g/mol. The van der Waals surface area contributed by atoms with Crippen LogP contribution in [0.15, 0.2) is 24.3 Å². The molecule has 0 aromatic heterocycles. The van der Waals surface area contributed by atoms with Gasteiger partial charge in [-0.15, -0.1) is 0 Å². The van der Waals surface area contributed by atoms with Crippen LogP contribution in [0.1, 0.15) is 33.9 Å². The Hall–Kier alpha value is -2.24. The predicted octanol–water partition coefficient (Wildman–Crippen LogP) is 3.08. The van der Waals surface area contributed by atoms with Crippen molar-refractivity contribution in [2.45, 2.75) is 33.0 Å². The molecule has 0 aliphatic carbocycles. The van der Waals surface area contributed by atoms with Gasteiger partial charge in [-0.1, -0.05) is 6.07 Å². The van der Waals surface area contributed by atoms with Gasteiger partial charge in [-0.05, 0) is 43.2 Å². The summed E-state index contributed by atoms with van der Waals surface area (Å²) in [5.74, 6) is 1.71. The maximum Gasteiger partial charge on any atom is 0.125 e. The standard InChI is InChI=1S/C20H25NO4/c1-12-7-14(16(22)8-13(12)2)9-21-10-15-18(24-3)5-6-19(25-4)20(15)17(23)11-21/h5-8,17,22-23H,9-11H2,1-4H3. The number of aryl methyl sites for hydroxylation is 2. The summed E-state index contributed by atoms with van der Waals surface area (Å²) in [6.45, 7) is 5.68. The van der Waals surface area contributed by atoms with Crippen molar-refractivity contribution >= 4 is 0 Å². The van der Waals surface area contributed by atoms with Gasteiger partial charge in [-0.2, -0.15) is 0 Å². The number of rotatable bonds is 4. The molecule has 3 rings (SSSR count). The zero-order valence-electron chi connectivity index (χ0n) is 15.2. The first-order valence-corrected chi connectivity index (χ1v) is 8.37. The summed E-state index contributed by atoms with van der Waals surface area (Å²) in [7, 11) is 3.23. The van der Waals surface area contributed by atoms with Crippen molar-refractivity contribution in [3.05, 3.63) is 52.1 Å². The molecule has 0 saturated heterocycles. The molecule has 134 valence electrons. The van der Waals surface area contributed by atoms with Gasteiger partial charge in [0.1, 0.15) is 17.2 Å². The number of aliphatic hydroxyl groups excluding tert-OH is 1. The number of phenols is 1. The fourth-order valence-corrected chi connectivity index (χ4v) is 3.49. The third-order valence-corrected chi connectivity index (χ3v) is 4.95. The summed E-state index contributed by atoms with van der Waals surface area (Å²) in [6, 6.07) is 7.49. The molecule has 1 aliphatic rings. The molecule has 2 N–H and O–H groups in total. The third kappa shape index (κ3) is 3.30. The SMILES string of the molecule is COc1ccc(OC)c2c1CN(Cc1cc(C)c(C)cc1O)CC2O. The second kappa shape index (κ2) is 6.94. The summed E-state index contributed by atoms with van der Waals surface area (Å²) in [4.78, 5) is 2.11. The van der Waals surface area contributed by atoms with Crippen molar-refractivity contribution in [3.63, 3.8) is 0 Å². The van der Waals surface area contributed by atoms with Gasteiger partial charge in [-0.25, -0.2) is 0 Å². The minimum Gasteiger partial charge on any atom is -0.508 e. The molecule has 0 fully saturated rings. The van der Waals surface area contributed by atoms with Crippen molar-refractivity contribution in [2.24, 2.45) is 0 Å². The lowest BCUT2D eigenvalue weighted by molar-refractivity contribution is 0.0838. The van der Waals surface area contributed by atoms with Crippen LogP contribution in [0.25, 0.3) is 0 Å². The molecule has 0 spiro atoms. The van der Waals surface area contributed by atoms with E-state index in [-0.39, 0.29) is 0 Å². The van der Waals surface area contributed by atoms with Crippen LogP contribution in [-0.4, -0.2) is 35.9 Å². The zero-order chi connectivity index (χ0) is 18.1. The summed E-state index contributed by atoms with van der Waals surface area (Å²) < 4.78 is 10.9. The molecule has 1 aliphatic heterocycles. The Balaban J connectivity index is 1.92. The molecule has 0 radical (unpaired) electrons. The first-order chi connectivity index (χ1) is 11.9. The summed E-state index contributed by atoms with van der Waals surface area (Å²) in [5.41, 5.74) is 4.80. The van der Waals surface area contributed by atoms with Gasteiger partial charge < -0.3 is 19.7 Å². The van der Waals surface area contributed by atoms with E-state index >= 15 is 0 Å². The van der Waals surface area contributed by atoms with Crippen LogP contribution in [0, 0.1) is 13.8 Å². The average molecular weight is 343 g/mol. The molecule has 0 amide bonds. The Labute approximate surface area is 148 Å². The van der Waals surface area contributed by atoms with Crippen molar-refractivity contribution in [3.8, 4) is 17.2 Å². The molecular formula is C20H25NO4. The van der Waals surface area contributed by atoms with Crippen LogP contribution >= 0.6 is 0 Å². The van der Waals surface area contributed by atoms with E-state index in [9.17, 15) is 10.2 Å². The number of phenolic OH excluding ortho intramolecular Hbond substituents is 1. The predicted molar refractivity (Wildman–Crippen MR) is 96.2 cm³/mol. The number of ether oxygens (including phenoxy) is 2. The summed E-state index contributed by atoms with van der Waals surface area (Å²) in [5, 5.41) is 20.9. The number of nitrogens with zero attached hydrogens (tertiary/aromatic N) is 1. The zero-order valence-corrected chi connectivity index (χ0v) is 15.2. The van der Waals surface area contributed by atoms with Crippen molar-refractivity contribution in [1.82, 2.24) is 4.90 Å². The summed E-state index contributed by atoms with van der Waals surface area (Å²) >= 11 is 0. The molecule has 1 heterocycles. The van der Waals surface area contributed by atoms with Gasteiger partial charge in [-0.3, -0.25) is 4.90 Å². The minimum absolute atomic E-state index is 0.293. The van der Waals surface area contributed by atoms with E-state index in [1.165, 1.54) is 0 Å². The number of methoxy groups -OCH3 is 2. The highest BCUT2D eigenvalue weighted by Crippen LogP contribution is 2.40. The van der Waals surface area contributed by atoms with E-state index in [2.05, 4.69) is 4.90 Å². The van der Waals surface area contributed by atoms with Gasteiger partial charge in [0, 0.05) is 36.3 Å². The number of aromatic hydroxyl groups is 1. The van der Waals surface area contributed by atoms with E-state index in [4.69, 9.17) is 9.47 Å². The van der Waals surface area contributed by atoms with Crippen LogP contribution in [-0.2, 0) is 13.1 Å². The molecule has 0 saturated carbocycles. The highest BCUT2D eigenvalue weighted by Gasteiger charge is 2.30. The molecule has 0 bridgehead atoms. The normalized spacial score (nSPS) is 17.2. The van der Waals surface area contributed by atoms with E-state index < -0.39 is 6.10 Å². The number of β-amino-alcohol motifs (C(OH)–C–C–N with tert-alkyl or cyclic N) is 1. The van der Waals surface area contributed by atoms with E-state index in [0.717, 1.165) is 33.6 Å². The first kappa shape index (κ1) is 17.6. The second-order valence-electron chi connectivity index (χ2n) is 6.61. The Bertz CT molecular complexity index is 788. The largest absolute Gasteiger partial charge is 0.508 e. The molecule has 25 heavy (non-hydrogen) atoms. The molecule has 5 heteroatoms. The van der Waals surface area contributed by atoms with Crippen LogP contribution in [0.5, 0.6) is 17.2 Å². The first-order valence-electron chi connectivity index (χ1n) is 8.37. The van der Waals surface area contributed by atoms with Gasteiger partial charge in [0.25, 0.3) is 0 Å². The minimum atomic E-state index is -0.664. The Morgan fingerprint density at radius 2 is 1.72 bits per heavy atom. The number of hydrogen-bond donors (Lipinski definition) is 2. The lowest BCUT2D eigenvalue weighted by Gasteiger charge is -2.34. The lowest BCUT2D eigenvalue weighted by atomic mass is 9.94. The van der Waals surface area contributed by atoms with E-state index in [0.29, 0.717) is 31.1 Å². The maximum atomic E-state index is 10.7. The van der Waals surface area contributed by atoms with Crippen LogP contribution in [0.2, 0.25) is 0 Å². The van der Waals surface area contributed by atoms with Crippen LogP contribution in [0.3, 0.4) is 0 Å². The number of aliphatic hydroxyl groups is 1. The molecule has 1 atom stereocenters. The molecule has 2 aromatic carbocycles. The highest BCUT2D eigenvalue weighted by atomic mass is 16.5. The van der Waals surface area contributed by atoms with Crippen LogP contribution in [0.4, 0.5) is 0 Å². The average Bonchev–Trinajstić information content (AvgIpc) is 2.58. The molecule has 5 nitrogen and oxygen atoms in total. The molecule has 2 aromatic rings. The van der Waals surface area contributed by atoms with Crippen molar-refractivity contribution < 1.29 is 19.7 Å². The van der Waals surface area contributed by atoms with Gasteiger partial charge >= 0.3 is 0 Å². The van der Waals surface area contributed by atoms with Crippen LogP contribution < -0.4 is 9.47 Å². The van der Waals surface area contributed by atoms with E-state index in [1.807, 2.05) is 32.0 Å². The van der Waals surface area contributed by atoms with Gasteiger partial charge in [0.15, 0.2) is 0 Å². The van der Waals surface area contributed by atoms with Gasteiger partial charge in [0.05, 0.1) is 20.3 Å². The Kier molecular flexibility index (Phi) is 4.88. The smallest absolute Gasteiger partial charge is 0.125 e. The topological polar surface area (TPSA) is 62.2 Å². The number of fused-ring (bicyclic) bond motifs is 1. The second-order valence-corrected chi connectivity index (χ2v) is 6.61. The highest BCUT2D eigenvalue weighted by molar-refractivity contribution is 5.51. The van der Waals surface area contributed by atoms with Gasteiger partial charge in [0.2, 0.25) is 0 Å². The Morgan fingerprint density at radius 3 is 2.40 bits per heavy atom. The van der Waals surface area contributed by atoms with E-state index in [1.54, 1.807) is 20.3 Å². The maximum absolute atomic E-state index is 10.7. The quantitative estimate of drug-likeness (QED) is 0.893. The van der Waals surface area contributed by atoms with Crippen molar-refractivity contribution in [2.75, 3.05) is 20.8 Å². The fraction of sp³-hybridized carbons (Fsp3) is 0.400. The Morgan fingerprint density at radius 1 is 1.08 bits per heavy atom. The molecule has 1 unspecified atom stereocenters. The summed E-state index contributed by atoms with van der Waals surface area (Å²) in [6.07, 6.45) is -0.664. The monoisotopic (exact) mass is 343 g/mol. The number of benzene rings is 2. The lowest BCUT2D eigenvalue weighted by Crippen LogP contribution is -2.33. The fourth-order valence-electron chi connectivity index (χ4n) is 3.49. The third-order valence-electron chi connectivity index (χ3n) is 4.95.